The molecule has 4 aliphatic carbocycles. The summed E-state index contributed by atoms with van der Waals surface area (Å²) in [6.07, 6.45) is 6.99. The molecule has 1 amide bonds. The smallest absolute Gasteiger partial charge is 0.247 e. The van der Waals surface area contributed by atoms with Gasteiger partial charge in [-0.05, 0) is 80.5 Å². The highest BCUT2D eigenvalue weighted by Crippen LogP contribution is 2.60. The van der Waals surface area contributed by atoms with Gasteiger partial charge in [0.1, 0.15) is 0 Å². The van der Waals surface area contributed by atoms with E-state index in [0.29, 0.717) is 11.3 Å². The standard InChI is InChI=1S/C18H21N3O/c19-11-12-1-3-16(4-2-12)21(20)17(22)18-8-13-5-14(9-18)7-15(6-13)10-18/h1-4,13-15H,5-10,20H2. The summed E-state index contributed by atoms with van der Waals surface area (Å²) in [4.78, 5) is 13.1. The Hall–Kier alpha value is -1.86. The second-order valence-corrected chi connectivity index (χ2v) is 7.53. The van der Waals surface area contributed by atoms with Gasteiger partial charge in [0.15, 0.2) is 0 Å². The number of hydrazine groups is 1. The lowest BCUT2D eigenvalue weighted by Crippen LogP contribution is -2.56. The van der Waals surface area contributed by atoms with Crippen molar-refractivity contribution >= 4 is 11.6 Å². The first-order chi connectivity index (χ1) is 10.6. The van der Waals surface area contributed by atoms with Gasteiger partial charge >= 0.3 is 0 Å². The molecule has 0 atom stereocenters. The SMILES string of the molecule is N#Cc1ccc(N(N)C(=O)C23CC4CC(CC(C4)C2)C3)cc1. The molecule has 22 heavy (non-hydrogen) atoms. The number of hydrogen-bond acceptors (Lipinski definition) is 3. The summed E-state index contributed by atoms with van der Waals surface area (Å²) < 4.78 is 0. The summed E-state index contributed by atoms with van der Waals surface area (Å²) in [6.45, 7) is 0. The van der Waals surface area contributed by atoms with E-state index in [9.17, 15) is 4.79 Å². The van der Waals surface area contributed by atoms with Crippen LogP contribution in [0.2, 0.25) is 0 Å². The number of hydrogen-bond donors (Lipinski definition) is 1. The van der Waals surface area contributed by atoms with Crippen LogP contribution in [0.15, 0.2) is 24.3 Å². The fourth-order valence-electron chi connectivity index (χ4n) is 5.44. The second kappa shape index (κ2) is 4.82. The average Bonchev–Trinajstić information content (AvgIpc) is 2.52. The van der Waals surface area contributed by atoms with Crippen LogP contribution in [0.5, 0.6) is 0 Å². The van der Waals surface area contributed by atoms with Gasteiger partial charge in [-0.15, -0.1) is 0 Å². The molecular weight excluding hydrogens is 274 g/mol. The lowest BCUT2D eigenvalue weighted by Gasteiger charge is -2.56. The maximum Gasteiger partial charge on any atom is 0.247 e. The molecule has 4 fully saturated rings. The van der Waals surface area contributed by atoms with Crippen LogP contribution in [0, 0.1) is 34.5 Å². The van der Waals surface area contributed by atoms with Crippen molar-refractivity contribution < 1.29 is 4.79 Å². The normalized spacial score (nSPS) is 35.2. The molecule has 4 nitrogen and oxygen atoms in total. The fraction of sp³-hybridized carbons (Fsp3) is 0.556. The number of nitriles is 1. The molecule has 1 aromatic rings. The summed E-state index contributed by atoms with van der Waals surface area (Å²) in [7, 11) is 0. The van der Waals surface area contributed by atoms with Crippen LogP contribution in [-0.4, -0.2) is 5.91 Å². The molecule has 0 aliphatic heterocycles. The minimum Gasteiger partial charge on any atom is -0.272 e. The third kappa shape index (κ3) is 2.04. The number of amides is 1. The van der Waals surface area contributed by atoms with E-state index in [2.05, 4.69) is 6.07 Å². The van der Waals surface area contributed by atoms with E-state index >= 15 is 0 Å². The van der Waals surface area contributed by atoms with E-state index in [4.69, 9.17) is 11.1 Å². The number of benzene rings is 1. The van der Waals surface area contributed by atoms with Crippen LogP contribution < -0.4 is 10.9 Å². The van der Waals surface area contributed by atoms with Gasteiger partial charge in [0.05, 0.1) is 22.7 Å². The molecule has 4 aliphatic rings. The van der Waals surface area contributed by atoms with E-state index in [1.807, 2.05) is 0 Å². The summed E-state index contributed by atoms with van der Waals surface area (Å²) >= 11 is 0. The predicted octanol–water partition coefficient (Wildman–Crippen LogP) is 2.98. The molecule has 2 N–H and O–H groups in total. The van der Waals surface area contributed by atoms with Crippen molar-refractivity contribution in [2.24, 2.45) is 29.0 Å². The van der Waals surface area contributed by atoms with E-state index in [1.54, 1.807) is 24.3 Å². The van der Waals surface area contributed by atoms with E-state index in [1.165, 1.54) is 24.3 Å². The number of anilines is 1. The summed E-state index contributed by atoms with van der Waals surface area (Å²) in [5, 5.41) is 10.2. The maximum atomic E-state index is 13.1. The molecular formula is C18H21N3O. The van der Waals surface area contributed by atoms with Crippen molar-refractivity contribution in [1.29, 1.82) is 5.26 Å². The fourth-order valence-corrected chi connectivity index (χ4v) is 5.44. The van der Waals surface area contributed by atoms with Gasteiger partial charge in [-0.2, -0.15) is 5.26 Å². The van der Waals surface area contributed by atoms with Crippen LogP contribution in [0.25, 0.3) is 0 Å². The molecule has 0 aromatic heterocycles. The molecule has 114 valence electrons. The number of rotatable bonds is 2. The summed E-state index contributed by atoms with van der Waals surface area (Å²) in [5.74, 6) is 8.41. The Kier molecular flexibility index (Phi) is 3.02. The second-order valence-electron chi connectivity index (χ2n) is 7.53. The Morgan fingerprint density at radius 1 is 1.09 bits per heavy atom. The number of carbonyl (C=O) groups excluding carboxylic acids is 1. The van der Waals surface area contributed by atoms with Gasteiger partial charge in [0, 0.05) is 0 Å². The zero-order valence-corrected chi connectivity index (χ0v) is 12.7. The Bertz CT molecular complexity index is 608. The van der Waals surface area contributed by atoms with Crippen LogP contribution in [0.3, 0.4) is 0 Å². The average molecular weight is 295 g/mol. The monoisotopic (exact) mass is 295 g/mol. The minimum atomic E-state index is -0.225. The minimum absolute atomic E-state index is 0.0799. The lowest BCUT2D eigenvalue weighted by molar-refractivity contribution is -0.143. The third-order valence-electron chi connectivity index (χ3n) is 5.99. The number of nitrogens with zero attached hydrogens (tertiary/aromatic N) is 2. The Labute approximate surface area is 130 Å². The zero-order chi connectivity index (χ0) is 15.3. The van der Waals surface area contributed by atoms with Gasteiger partial charge in [-0.1, -0.05) is 0 Å². The van der Waals surface area contributed by atoms with Crippen LogP contribution in [0.1, 0.15) is 44.1 Å². The molecule has 4 bridgehead atoms. The van der Waals surface area contributed by atoms with Gasteiger partial charge in [-0.25, -0.2) is 10.9 Å². The highest BCUT2D eigenvalue weighted by molar-refractivity contribution is 5.97. The molecule has 1 aromatic carbocycles. The first kappa shape index (κ1) is 13.8. The van der Waals surface area contributed by atoms with Crippen LogP contribution in [0.4, 0.5) is 5.69 Å². The molecule has 0 saturated heterocycles. The van der Waals surface area contributed by atoms with Crippen molar-refractivity contribution in [2.45, 2.75) is 38.5 Å². The highest BCUT2D eigenvalue weighted by atomic mass is 16.2. The molecule has 0 unspecified atom stereocenters. The predicted molar refractivity (Wildman–Crippen MR) is 83.4 cm³/mol. The van der Waals surface area contributed by atoms with Gasteiger partial charge in [0.25, 0.3) is 0 Å². The van der Waals surface area contributed by atoms with Crippen molar-refractivity contribution in [1.82, 2.24) is 0 Å². The molecule has 0 spiro atoms. The molecule has 5 rings (SSSR count). The molecule has 4 saturated carbocycles. The van der Waals surface area contributed by atoms with Crippen molar-refractivity contribution in [3.63, 3.8) is 0 Å². The largest absolute Gasteiger partial charge is 0.272 e. The molecule has 4 heteroatoms. The third-order valence-corrected chi connectivity index (χ3v) is 5.99. The van der Waals surface area contributed by atoms with Gasteiger partial charge < -0.3 is 0 Å². The first-order valence-corrected chi connectivity index (χ1v) is 8.19. The van der Waals surface area contributed by atoms with Crippen molar-refractivity contribution in [2.75, 3.05) is 5.01 Å². The Morgan fingerprint density at radius 2 is 1.59 bits per heavy atom. The van der Waals surface area contributed by atoms with E-state index < -0.39 is 0 Å². The van der Waals surface area contributed by atoms with Crippen molar-refractivity contribution in [3.8, 4) is 6.07 Å². The summed E-state index contributed by atoms with van der Waals surface area (Å²) in [6, 6.07) is 9.03. The van der Waals surface area contributed by atoms with E-state index in [0.717, 1.165) is 37.0 Å². The lowest BCUT2D eigenvalue weighted by atomic mass is 9.49. The highest BCUT2D eigenvalue weighted by Gasteiger charge is 2.55. The van der Waals surface area contributed by atoms with Gasteiger partial charge in [-0.3, -0.25) is 4.79 Å². The quantitative estimate of drug-likeness (QED) is 0.518. The number of nitrogens with two attached hydrogens (primary N) is 1. The Morgan fingerprint density at radius 3 is 2.05 bits per heavy atom. The maximum absolute atomic E-state index is 13.1. The molecule has 0 radical (unpaired) electrons. The Balaban J connectivity index is 1.59. The van der Waals surface area contributed by atoms with Crippen molar-refractivity contribution in [3.05, 3.63) is 29.8 Å². The molecule has 0 heterocycles. The van der Waals surface area contributed by atoms with E-state index in [-0.39, 0.29) is 11.3 Å². The number of carbonyl (C=O) groups is 1. The van der Waals surface area contributed by atoms with Gasteiger partial charge in [0.2, 0.25) is 5.91 Å². The van der Waals surface area contributed by atoms with Crippen LogP contribution in [-0.2, 0) is 4.79 Å². The first-order valence-electron chi connectivity index (χ1n) is 8.19. The summed E-state index contributed by atoms with van der Waals surface area (Å²) in [5.41, 5.74) is 1.04. The van der Waals surface area contributed by atoms with Crippen LogP contribution >= 0.6 is 0 Å². The topological polar surface area (TPSA) is 70.1 Å². The zero-order valence-electron chi connectivity index (χ0n) is 12.7.